The van der Waals surface area contributed by atoms with Crippen molar-refractivity contribution in [2.24, 2.45) is 5.10 Å². The molecule has 0 saturated carbocycles. The van der Waals surface area contributed by atoms with Gasteiger partial charge in [-0.25, -0.2) is 0 Å². The van der Waals surface area contributed by atoms with Gasteiger partial charge in [-0.05, 0) is 13.3 Å². The van der Waals surface area contributed by atoms with Crippen molar-refractivity contribution in [3.05, 3.63) is 12.3 Å². The normalized spacial score (nSPS) is 11.2. The molecule has 2 nitrogen and oxygen atoms in total. The Morgan fingerprint density at radius 2 is 2.38 bits per heavy atom. The summed E-state index contributed by atoms with van der Waals surface area (Å²) in [6.07, 6.45) is 6.58. The largest absolute Gasteiger partial charge is 0.286 e. The van der Waals surface area contributed by atoms with E-state index in [2.05, 4.69) is 17.5 Å². The molecule has 0 aliphatic carbocycles. The van der Waals surface area contributed by atoms with Crippen LogP contribution in [-0.2, 0) is 0 Å². The molecule has 0 aromatic heterocycles. The highest BCUT2D eigenvalue weighted by molar-refractivity contribution is 5.52. The fourth-order valence-corrected chi connectivity index (χ4v) is 0.288. The average Bonchev–Trinajstić information content (AvgIpc) is 1.81. The van der Waals surface area contributed by atoms with Crippen LogP contribution in [0.5, 0.6) is 0 Å². The molecule has 2 heteroatoms. The molecular formula is C6H12N2. The van der Waals surface area contributed by atoms with Gasteiger partial charge in [-0.2, -0.15) is 5.10 Å². The van der Waals surface area contributed by atoms with Gasteiger partial charge in [0.05, 0.1) is 0 Å². The summed E-state index contributed by atoms with van der Waals surface area (Å²) in [4.78, 5) is 0. The van der Waals surface area contributed by atoms with Crippen LogP contribution in [0.15, 0.2) is 17.4 Å². The lowest BCUT2D eigenvalue weighted by molar-refractivity contribution is 0.962. The average molecular weight is 112 g/mol. The van der Waals surface area contributed by atoms with Gasteiger partial charge in [-0.15, -0.1) is 0 Å². The third kappa shape index (κ3) is 5.21. The monoisotopic (exact) mass is 112 g/mol. The van der Waals surface area contributed by atoms with Crippen molar-refractivity contribution in [3.8, 4) is 0 Å². The molecule has 8 heavy (non-hydrogen) atoms. The molecule has 0 radical (unpaired) electrons. The second kappa shape index (κ2) is 6.21. The Kier molecular flexibility index (Phi) is 5.60. The summed E-state index contributed by atoms with van der Waals surface area (Å²) in [6.45, 7) is 3.95. The van der Waals surface area contributed by atoms with Crippen molar-refractivity contribution in [1.29, 1.82) is 0 Å². The van der Waals surface area contributed by atoms with Gasteiger partial charge in [0.1, 0.15) is 0 Å². The van der Waals surface area contributed by atoms with Gasteiger partial charge in [-0.3, -0.25) is 5.43 Å². The number of nitrogens with one attached hydrogen (secondary N) is 1. The van der Waals surface area contributed by atoms with Crippen molar-refractivity contribution in [1.82, 2.24) is 5.43 Å². The first-order valence-corrected chi connectivity index (χ1v) is 2.80. The zero-order valence-electron chi connectivity index (χ0n) is 5.39. The van der Waals surface area contributed by atoms with Gasteiger partial charge < -0.3 is 0 Å². The van der Waals surface area contributed by atoms with E-state index in [1.54, 1.807) is 6.21 Å². The van der Waals surface area contributed by atoms with Crippen LogP contribution in [0.25, 0.3) is 0 Å². The van der Waals surface area contributed by atoms with Crippen LogP contribution in [0.3, 0.4) is 0 Å². The van der Waals surface area contributed by atoms with Crippen molar-refractivity contribution in [2.45, 2.75) is 20.3 Å². The van der Waals surface area contributed by atoms with E-state index < -0.39 is 0 Å². The summed E-state index contributed by atoms with van der Waals surface area (Å²) in [6, 6.07) is 0. The van der Waals surface area contributed by atoms with Crippen molar-refractivity contribution in [2.75, 3.05) is 0 Å². The van der Waals surface area contributed by atoms with Gasteiger partial charge in [-0.1, -0.05) is 13.0 Å². The molecule has 46 valence electrons. The molecule has 0 saturated heterocycles. The summed E-state index contributed by atoms with van der Waals surface area (Å²) >= 11 is 0. The van der Waals surface area contributed by atoms with Crippen LogP contribution in [0.4, 0.5) is 0 Å². The quantitative estimate of drug-likeness (QED) is 0.434. The minimum absolute atomic E-state index is 1.05. The molecule has 0 amide bonds. The molecule has 0 bridgehead atoms. The van der Waals surface area contributed by atoms with Crippen molar-refractivity contribution >= 4 is 6.21 Å². The molecule has 0 aliphatic rings. The third-order valence-electron chi connectivity index (χ3n) is 0.632. The lowest BCUT2D eigenvalue weighted by Gasteiger charge is -1.83. The standard InChI is InChI=1S/C6H12N2/c1-3-5-6-8-7-4-2/h4-6,8H,3H2,1-2H3/b6-5+,7-4-. The molecule has 0 fully saturated rings. The number of hydrogen-bond donors (Lipinski definition) is 1. The van der Waals surface area contributed by atoms with E-state index in [-0.39, 0.29) is 0 Å². The number of hydrogen-bond acceptors (Lipinski definition) is 2. The van der Waals surface area contributed by atoms with Gasteiger partial charge >= 0.3 is 0 Å². The van der Waals surface area contributed by atoms with Crippen LogP contribution in [0.2, 0.25) is 0 Å². The molecule has 0 unspecified atom stereocenters. The van der Waals surface area contributed by atoms with Crippen LogP contribution >= 0.6 is 0 Å². The Morgan fingerprint density at radius 1 is 1.62 bits per heavy atom. The van der Waals surface area contributed by atoms with Crippen LogP contribution in [0, 0.1) is 0 Å². The van der Waals surface area contributed by atoms with Gasteiger partial charge in [0, 0.05) is 12.4 Å². The van der Waals surface area contributed by atoms with E-state index >= 15 is 0 Å². The Morgan fingerprint density at radius 3 is 2.88 bits per heavy atom. The Labute approximate surface area is 50.3 Å². The molecule has 0 heterocycles. The Bertz CT molecular complexity index is 84.5. The second-order valence-electron chi connectivity index (χ2n) is 1.33. The molecule has 1 N–H and O–H groups in total. The minimum atomic E-state index is 1.05. The third-order valence-corrected chi connectivity index (χ3v) is 0.632. The van der Waals surface area contributed by atoms with Crippen LogP contribution in [-0.4, -0.2) is 6.21 Å². The SMILES string of the molecule is C/C=N\N/C=C/CC. The highest BCUT2D eigenvalue weighted by Crippen LogP contribution is 1.73. The van der Waals surface area contributed by atoms with Crippen molar-refractivity contribution < 1.29 is 0 Å². The van der Waals surface area contributed by atoms with Crippen molar-refractivity contribution in [3.63, 3.8) is 0 Å². The van der Waals surface area contributed by atoms with Crippen LogP contribution in [0.1, 0.15) is 20.3 Å². The zero-order valence-corrected chi connectivity index (χ0v) is 5.39. The van der Waals surface area contributed by atoms with E-state index in [1.807, 2.05) is 19.2 Å². The maximum absolute atomic E-state index is 3.75. The summed E-state index contributed by atoms with van der Waals surface area (Å²) in [5.74, 6) is 0. The zero-order chi connectivity index (χ0) is 6.24. The molecule has 0 aromatic carbocycles. The van der Waals surface area contributed by atoms with E-state index in [9.17, 15) is 0 Å². The van der Waals surface area contributed by atoms with E-state index in [0.717, 1.165) is 6.42 Å². The number of hydrazone groups is 1. The van der Waals surface area contributed by atoms with Gasteiger partial charge in [0.15, 0.2) is 0 Å². The molecule has 0 aliphatic heterocycles. The number of nitrogens with zero attached hydrogens (tertiary/aromatic N) is 1. The summed E-state index contributed by atoms with van der Waals surface area (Å²) < 4.78 is 0. The topological polar surface area (TPSA) is 24.4 Å². The fraction of sp³-hybridized carbons (Fsp3) is 0.500. The maximum Gasteiger partial charge on any atom is 0.0215 e. The van der Waals surface area contributed by atoms with E-state index in [0.29, 0.717) is 0 Å². The molecule has 0 spiro atoms. The number of rotatable bonds is 3. The Hall–Kier alpha value is -0.790. The molecule has 0 atom stereocenters. The first-order chi connectivity index (χ1) is 3.91. The van der Waals surface area contributed by atoms with E-state index in [4.69, 9.17) is 0 Å². The van der Waals surface area contributed by atoms with Gasteiger partial charge in [0.2, 0.25) is 0 Å². The predicted molar refractivity (Wildman–Crippen MR) is 36.7 cm³/mol. The summed E-state index contributed by atoms with van der Waals surface area (Å²) in [5, 5.41) is 3.75. The molecule has 0 aromatic rings. The smallest absolute Gasteiger partial charge is 0.0215 e. The maximum atomic E-state index is 3.75. The fourth-order valence-electron chi connectivity index (χ4n) is 0.288. The first kappa shape index (κ1) is 7.21. The highest BCUT2D eigenvalue weighted by Gasteiger charge is 1.61. The predicted octanol–water partition coefficient (Wildman–Crippen LogP) is 1.51. The van der Waals surface area contributed by atoms with Crippen LogP contribution < -0.4 is 5.43 Å². The first-order valence-electron chi connectivity index (χ1n) is 2.80. The number of allylic oxidation sites excluding steroid dienone is 1. The minimum Gasteiger partial charge on any atom is -0.286 e. The second-order valence-corrected chi connectivity index (χ2v) is 1.33. The highest BCUT2D eigenvalue weighted by atomic mass is 15.3. The van der Waals surface area contributed by atoms with E-state index in [1.165, 1.54) is 0 Å². The lowest BCUT2D eigenvalue weighted by atomic mass is 10.5. The molecule has 0 rings (SSSR count). The lowest BCUT2D eigenvalue weighted by Crippen LogP contribution is -1.90. The summed E-state index contributed by atoms with van der Waals surface area (Å²) in [7, 11) is 0. The summed E-state index contributed by atoms with van der Waals surface area (Å²) in [5.41, 5.74) is 2.72. The Balaban J connectivity index is 3.03. The van der Waals surface area contributed by atoms with Gasteiger partial charge in [0.25, 0.3) is 0 Å². The molecular weight excluding hydrogens is 100 g/mol.